The Balaban J connectivity index is 0.00000312. The highest BCUT2D eigenvalue weighted by Gasteiger charge is 2.25. The summed E-state index contributed by atoms with van der Waals surface area (Å²) in [4.78, 5) is 14.5. The summed E-state index contributed by atoms with van der Waals surface area (Å²) < 4.78 is 24.1. The lowest BCUT2D eigenvalue weighted by Crippen LogP contribution is -2.40. The maximum absolute atomic E-state index is 12.4. The Bertz CT molecular complexity index is 724. The van der Waals surface area contributed by atoms with E-state index in [0.29, 0.717) is 6.54 Å². The van der Waals surface area contributed by atoms with Crippen molar-refractivity contribution in [2.24, 2.45) is 0 Å². The van der Waals surface area contributed by atoms with Gasteiger partial charge in [-0.2, -0.15) is 0 Å². The van der Waals surface area contributed by atoms with Crippen LogP contribution in [0.1, 0.15) is 37.0 Å². The molecule has 1 aliphatic heterocycles. The molecule has 0 radical (unpaired) electrons. The Hall–Kier alpha value is -1.32. The van der Waals surface area contributed by atoms with Crippen LogP contribution in [-0.2, 0) is 9.84 Å². The van der Waals surface area contributed by atoms with Crippen LogP contribution in [0, 0.1) is 0 Å². The molecule has 7 nitrogen and oxygen atoms in total. The lowest BCUT2D eigenvalue weighted by atomic mass is 10.1. The van der Waals surface area contributed by atoms with E-state index < -0.39 is 15.7 Å². The monoisotopic (exact) mass is 435 g/mol. The number of nitrogens with zero attached hydrogens (tertiary/aromatic N) is 1. The van der Waals surface area contributed by atoms with Gasteiger partial charge in [0.05, 0.1) is 21.9 Å². The van der Waals surface area contributed by atoms with E-state index in [1.807, 2.05) is 0 Å². The molecule has 1 aromatic carbocycles. The molecule has 1 saturated heterocycles. The van der Waals surface area contributed by atoms with E-state index in [9.17, 15) is 18.3 Å². The summed E-state index contributed by atoms with van der Waals surface area (Å²) >= 11 is 0. The van der Waals surface area contributed by atoms with Crippen LogP contribution in [0.4, 0.5) is 5.69 Å². The van der Waals surface area contributed by atoms with Gasteiger partial charge in [0.2, 0.25) is 0 Å². The average molecular weight is 436 g/mol. The fraction of sp³-hybridized carbons (Fsp3) is 0.562. The first-order valence-corrected chi connectivity index (χ1v) is 9.82. The van der Waals surface area contributed by atoms with Gasteiger partial charge in [-0.05, 0) is 32.0 Å². The summed E-state index contributed by atoms with van der Waals surface area (Å²) in [5, 5.41) is 12.8. The highest BCUT2D eigenvalue weighted by Crippen LogP contribution is 2.28. The number of likely N-dealkylation sites (N-methyl/N-ethyl adjacent to an activating group) is 1. The zero-order valence-electron chi connectivity index (χ0n) is 14.5. The number of nitrogens with one attached hydrogen (secondary N) is 1. The van der Waals surface area contributed by atoms with Gasteiger partial charge >= 0.3 is 0 Å². The van der Waals surface area contributed by atoms with Crippen molar-refractivity contribution >= 4 is 38.4 Å². The molecule has 0 aromatic heterocycles. The Morgan fingerprint density at radius 1 is 1.40 bits per heavy atom. The number of hydrogen-bond acceptors (Lipinski definition) is 6. The maximum Gasteiger partial charge on any atom is 0.255 e. The number of phenols is 1. The molecule has 0 spiro atoms. The molecule has 1 fully saturated rings. The van der Waals surface area contributed by atoms with E-state index in [4.69, 9.17) is 5.73 Å². The minimum atomic E-state index is -3.57. The van der Waals surface area contributed by atoms with E-state index in [1.165, 1.54) is 6.92 Å². The molecule has 1 amide bonds. The summed E-state index contributed by atoms with van der Waals surface area (Å²) in [5.41, 5.74) is 5.56. The van der Waals surface area contributed by atoms with Gasteiger partial charge in [0.1, 0.15) is 5.75 Å². The molecule has 0 saturated carbocycles. The zero-order chi connectivity index (χ0) is 17.9. The number of phenolic OH excluding ortho intramolecular Hbond substituents is 1. The van der Waals surface area contributed by atoms with Gasteiger partial charge in [0, 0.05) is 18.7 Å². The molecular weight excluding hydrogens is 410 g/mol. The topological polar surface area (TPSA) is 113 Å². The number of carbonyl (C=O) groups excluding carboxylic acids is 1. The van der Waals surface area contributed by atoms with Gasteiger partial charge < -0.3 is 16.2 Å². The summed E-state index contributed by atoms with van der Waals surface area (Å²) in [6, 6.07) is 2.55. The number of nitrogens with two attached hydrogens (primary N) is 1. The maximum atomic E-state index is 12.4. The number of rotatable bonds is 6. The molecule has 142 valence electrons. The van der Waals surface area contributed by atoms with Gasteiger partial charge in [0.15, 0.2) is 9.84 Å². The van der Waals surface area contributed by atoms with Crippen molar-refractivity contribution in [3.8, 4) is 5.75 Å². The number of amides is 1. The molecule has 1 heterocycles. The molecule has 25 heavy (non-hydrogen) atoms. The van der Waals surface area contributed by atoms with Crippen molar-refractivity contribution in [2.45, 2.75) is 37.6 Å². The molecular formula is C16H26BrN3O4S. The molecule has 1 aromatic rings. The number of aromatic hydroxyl groups is 1. The number of likely N-dealkylation sites (tertiary alicyclic amines) is 1. The first-order valence-electron chi connectivity index (χ1n) is 8.17. The first-order chi connectivity index (χ1) is 11.3. The molecule has 4 N–H and O–H groups in total. The molecule has 0 aliphatic carbocycles. The van der Waals surface area contributed by atoms with Crippen LogP contribution in [0.25, 0.3) is 0 Å². The van der Waals surface area contributed by atoms with Crippen LogP contribution in [0.3, 0.4) is 0 Å². The number of halogens is 1. The molecule has 1 unspecified atom stereocenters. The second-order valence-electron chi connectivity index (χ2n) is 5.95. The van der Waals surface area contributed by atoms with Crippen molar-refractivity contribution in [2.75, 3.05) is 31.1 Å². The largest absolute Gasteiger partial charge is 0.507 e. The minimum Gasteiger partial charge on any atom is -0.507 e. The predicted octanol–water partition coefficient (Wildman–Crippen LogP) is 1.56. The fourth-order valence-electron chi connectivity index (χ4n) is 3.04. The summed E-state index contributed by atoms with van der Waals surface area (Å²) in [7, 11) is -3.57. The molecule has 1 atom stereocenters. The molecule has 0 bridgehead atoms. The van der Waals surface area contributed by atoms with E-state index in [0.717, 1.165) is 38.1 Å². The van der Waals surface area contributed by atoms with Gasteiger partial charge in [-0.15, -0.1) is 17.0 Å². The third-order valence-electron chi connectivity index (χ3n) is 4.49. The normalized spacial score (nSPS) is 17.9. The van der Waals surface area contributed by atoms with Gasteiger partial charge in [-0.25, -0.2) is 8.42 Å². The van der Waals surface area contributed by atoms with Crippen LogP contribution in [0.5, 0.6) is 5.75 Å². The van der Waals surface area contributed by atoms with E-state index in [2.05, 4.69) is 17.1 Å². The fourth-order valence-corrected chi connectivity index (χ4v) is 4.07. The third kappa shape index (κ3) is 4.86. The quantitative estimate of drug-likeness (QED) is 0.584. The number of hydrogen-bond donors (Lipinski definition) is 3. The Morgan fingerprint density at radius 2 is 2.08 bits per heavy atom. The van der Waals surface area contributed by atoms with Crippen molar-refractivity contribution in [1.82, 2.24) is 10.2 Å². The van der Waals surface area contributed by atoms with Crippen molar-refractivity contribution < 1.29 is 18.3 Å². The van der Waals surface area contributed by atoms with Crippen LogP contribution in [0.15, 0.2) is 17.0 Å². The third-order valence-corrected chi connectivity index (χ3v) is 6.28. The minimum absolute atomic E-state index is 0. The van der Waals surface area contributed by atoms with Crippen molar-refractivity contribution in [1.29, 1.82) is 0 Å². The number of sulfone groups is 1. The van der Waals surface area contributed by atoms with Crippen molar-refractivity contribution in [3.05, 3.63) is 17.7 Å². The van der Waals surface area contributed by atoms with Gasteiger partial charge in [-0.1, -0.05) is 13.8 Å². The van der Waals surface area contributed by atoms with Crippen LogP contribution >= 0.6 is 17.0 Å². The lowest BCUT2D eigenvalue weighted by Gasteiger charge is -2.23. The summed E-state index contributed by atoms with van der Waals surface area (Å²) in [5.74, 6) is -0.946. The number of benzene rings is 1. The van der Waals surface area contributed by atoms with E-state index in [1.54, 1.807) is 0 Å². The second-order valence-corrected chi connectivity index (χ2v) is 8.19. The smallest absolute Gasteiger partial charge is 0.255 e. The van der Waals surface area contributed by atoms with E-state index in [-0.39, 0.29) is 50.7 Å². The average Bonchev–Trinajstić information content (AvgIpc) is 2.99. The van der Waals surface area contributed by atoms with Gasteiger partial charge in [0.25, 0.3) is 5.91 Å². The Morgan fingerprint density at radius 3 is 2.68 bits per heavy atom. The molecule has 1 aliphatic rings. The van der Waals surface area contributed by atoms with Crippen LogP contribution in [-0.4, -0.2) is 55.8 Å². The van der Waals surface area contributed by atoms with Crippen LogP contribution in [0.2, 0.25) is 0 Å². The highest BCUT2D eigenvalue weighted by atomic mass is 79.9. The van der Waals surface area contributed by atoms with Crippen LogP contribution < -0.4 is 11.1 Å². The molecule has 2 rings (SSSR count). The summed E-state index contributed by atoms with van der Waals surface area (Å²) in [6.07, 6.45) is 2.11. The zero-order valence-corrected chi connectivity index (χ0v) is 17.0. The highest BCUT2D eigenvalue weighted by molar-refractivity contribution is 8.93. The number of anilines is 1. The van der Waals surface area contributed by atoms with Crippen molar-refractivity contribution in [3.63, 3.8) is 0 Å². The Kier molecular flexibility index (Phi) is 7.70. The standard InChI is InChI=1S/C16H25N3O4S.BrH/c1-3-19-7-5-6-11(19)10-18-16(21)12-8-15(24(22,23)4-2)13(17)9-14(12)20;/h8-9,11,20H,3-7,10,17H2,1-2H3,(H,18,21);1H. The summed E-state index contributed by atoms with van der Waals surface area (Å²) in [6.45, 7) is 5.98. The Labute approximate surface area is 159 Å². The number of nitrogen functional groups attached to an aromatic ring is 1. The van der Waals surface area contributed by atoms with Gasteiger partial charge in [-0.3, -0.25) is 9.69 Å². The predicted molar refractivity (Wildman–Crippen MR) is 103 cm³/mol. The first kappa shape index (κ1) is 21.7. The molecule has 9 heteroatoms. The number of carbonyl (C=O) groups is 1. The SMILES string of the molecule is Br.CCN1CCCC1CNC(=O)c1cc(S(=O)(=O)CC)c(N)cc1O. The van der Waals surface area contributed by atoms with E-state index >= 15 is 0 Å². The lowest BCUT2D eigenvalue weighted by molar-refractivity contribution is 0.0938. The second kappa shape index (κ2) is 8.86.